The number of rotatable bonds is 11. The molecular formula is C28H29N5O5. The van der Waals surface area contributed by atoms with Crippen molar-refractivity contribution in [3.63, 3.8) is 0 Å². The molecule has 0 radical (unpaired) electrons. The first-order valence-electron chi connectivity index (χ1n) is 12.1. The first-order valence-corrected chi connectivity index (χ1v) is 12.1. The number of aliphatic hydroxyl groups excluding tert-OH is 1. The van der Waals surface area contributed by atoms with Gasteiger partial charge < -0.3 is 24.6 Å². The summed E-state index contributed by atoms with van der Waals surface area (Å²) in [4.78, 5) is 21.5. The van der Waals surface area contributed by atoms with Crippen molar-refractivity contribution in [2.45, 2.75) is 24.5 Å². The Hall–Kier alpha value is -4.53. The lowest BCUT2D eigenvalue weighted by Crippen LogP contribution is -2.48. The van der Waals surface area contributed by atoms with E-state index in [1.54, 1.807) is 38.4 Å². The third-order valence-electron chi connectivity index (χ3n) is 6.26. The number of nitrogens with one attached hydrogen (secondary N) is 1. The molecule has 0 unspecified atom stereocenters. The molecule has 0 bridgehead atoms. The lowest BCUT2D eigenvalue weighted by molar-refractivity contribution is -0.128. The third kappa shape index (κ3) is 5.56. The summed E-state index contributed by atoms with van der Waals surface area (Å²) in [6.07, 6.45) is -0.145. The molecule has 38 heavy (non-hydrogen) atoms. The van der Waals surface area contributed by atoms with Gasteiger partial charge in [-0.05, 0) is 53.1 Å². The number of azide groups is 1. The summed E-state index contributed by atoms with van der Waals surface area (Å²) in [6, 6.07) is 21.6. The first-order chi connectivity index (χ1) is 18.5. The monoisotopic (exact) mass is 515 g/mol. The largest absolute Gasteiger partial charge is 0.497 e. The van der Waals surface area contributed by atoms with E-state index in [2.05, 4.69) is 15.3 Å². The average molecular weight is 516 g/mol. The van der Waals surface area contributed by atoms with Gasteiger partial charge in [-0.1, -0.05) is 41.5 Å². The number of methoxy groups -OCH3 is 1. The Morgan fingerprint density at radius 1 is 1.16 bits per heavy atom. The van der Waals surface area contributed by atoms with Crippen molar-refractivity contribution in [2.75, 3.05) is 27.4 Å². The zero-order valence-corrected chi connectivity index (χ0v) is 21.2. The van der Waals surface area contributed by atoms with Crippen molar-refractivity contribution in [1.82, 2.24) is 5.32 Å². The van der Waals surface area contributed by atoms with Gasteiger partial charge in [-0.25, -0.2) is 4.99 Å². The topological polar surface area (TPSA) is 138 Å². The molecular weight excluding hydrogens is 486 g/mol. The van der Waals surface area contributed by atoms with E-state index < -0.39 is 11.6 Å². The minimum atomic E-state index is -1.41. The lowest BCUT2D eigenvalue weighted by Gasteiger charge is -2.30. The van der Waals surface area contributed by atoms with Crippen molar-refractivity contribution in [3.05, 3.63) is 99.9 Å². The molecule has 0 aromatic heterocycles. The zero-order valence-electron chi connectivity index (χ0n) is 21.2. The van der Waals surface area contributed by atoms with E-state index in [9.17, 15) is 4.79 Å². The molecule has 3 aromatic rings. The van der Waals surface area contributed by atoms with Crippen LogP contribution in [-0.2, 0) is 16.0 Å². The Morgan fingerprint density at radius 2 is 1.95 bits per heavy atom. The van der Waals surface area contributed by atoms with Crippen molar-refractivity contribution in [2.24, 2.45) is 10.1 Å². The molecule has 0 fully saturated rings. The van der Waals surface area contributed by atoms with Crippen LogP contribution in [0.5, 0.6) is 11.5 Å². The van der Waals surface area contributed by atoms with E-state index in [4.69, 9.17) is 29.8 Å². The number of hydrogen-bond donors (Lipinski definition) is 2. The van der Waals surface area contributed by atoms with Crippen LogP contribution in [0.15, 0.2) is 82.9 Å². The van der Waals surface area contributed by atoms with Crippen LogP contribution in [0.1, 0.15) is 29.2 Å². The van der Waals surface area contributed by atoms with Gasteiger partial charge in [0.2, 0.25) is 5.90 Å². The van der Waals surface area contributed by atoms with Gasteiger partial charge in [0.1, 0.15) is 11.5 Å². The molecule has 10 nitrogen and oxygen atoms in total. The van der Waals surface area contributed by atoms with Gasteiger partial charge in [-0.3, -0.25) is 4.79 Å². The molecule has 4 rings (SSSR count). The molecule has 1 amide bonds. The smallest absolute Gasteiger partial charge is 0.252 e. The van der Waals surface area contributed by atoms with E-state index in [0.29, 0.717) is 52.8 Å². The Labute approximate surface area is 220 Å². The maximum absolute atomic E-state index is 13.7. The molecule has 196 valence electrons. The maximum Gasteiger partial charge on any atom is 0.252 e. The van der Waals surface area contributed by atoms with Gasteiger partial charge in [-0.2, -0.15) is 0 Å². The fraction of sp³-hybridized carbons (Fsp3) is 0.286. The first kappa shape index (κ1) is 26.5. The van der Waals surface area contributed by atoms with Gasteiger partial charge in [0.15, 0.2) is 11.6 Å². The van der Waals surface area contributed by atoms with Crippen molar-refractivity contribution >= 4 is 17.5 Å². The fourth-order valence-electron chi connectivity index (χ4n) is 4.40. The second-order valence-corrected chi connectivity index (χ2v) is 8.64. The van der Waals surface area contributed by atoms with Crippen LogP contribution in [0.4, 0.5) is 5.69 Å². The number of aliphatic imine (C=N–C) groups is 1. The summed E-state index contributed by atoms with van der Waals surface area (Å²) >= 11 is 0. The number of ether oxygens (including phenoxy) is 3. The minimum Gasteiger partial charge on any atom is -0.497 e. The molecule has 2 N–H and O–H groups in total. The van der Waals surface area contributed by atoms with Gasteiger partial charge in [0.25, 0.3) is 5.91 Å². The molecule has 0 spiro atoms. The van der Waals surface area contributed by atoms with Crippen molar-refractivity contribution < 1.29 is 24.1 Å². The van der Waals surface area contributed by atoms with Crippen LogP contribution in [0.3, 0.4) is 0 Å². The number of benzene rings is 3. The molecule has 0 saturated heterocycles. The molecule has 1 heterocycles. The predicted molar refractivity (Wildman–Crippen MR) is 143 cm³/mol. The highest BCUT2D eigenvalue weighted by Crippen LogP contribution is 2.44. The summed E-state index contributed by atoms with van der Waals surface area (Å²) < 4.78 is 17.5. The second kappa shape index (κ2) is 12.1. The number of amides is 1. The van der Waals surface area contributed by atoms with Gasteiger partial charge in [-0.15, -0.1) is 0 Å². The molecule has 10 heteroatoms. The summed E-state index contributed by atoms with van der Waals surface area (Å²) in [5, 5.41) is 15.5. The van der Waals surface area contributed by atoms with E-state index in [0.717, 1.165) is 0 Å². The number of carbonyl (C=O) groups is 1. The number of nitrogens with zero attached hydrogens (tertiary/aromatic N) is 4. The van der Waals surface area contributed by atoms with Gasteiger partial charge in [0, 0.05) is 42.7 Å². The molecule has 0 aliphatic carbocycles. The summed E-state index contributed by atoms with van der Waals surface area (Å²) in [5.74, 6) is 1.21. The minimum absolute atomic E-state index is 0.0543. The SMILES string of the molecule is CNC(=O)[C@]1(Cc2ccccc2N=[N+]=[N-])N=C(c2ccc(OCCCO)cc2)O[C@@H]1c1cccc(OC)c1. The van der Waals surface area contributed by atoms with E-state index >= 15 is 0 Å². The molecule has 1 aliphatic rings. The Balaban J connectivity index is 1.81. The molecule has 2 atom stereocenters. The maximum atomic E-state index is 13.7. The van der Waals surface area contributed by atoms with Crippen LogP contribution >= 0.6 is 0 Å². The van der Waals surface area contributed by atoms with Gasteiger partial charge >= 0.3 is 0 Å². The molecule has 1 aliphatic heterocycles. The Morgan fingerprint density at radius 3 is 2.66 bits per heavy atom. The highest BCUT2D eigenvalue weighted by molar-refractivity contribution is 6.01. The van der Waals surface area contributed by atoms with Crippen molar-refractivity contribution in [1.29, 1.82) is 0 Å². The highest BCUT2D eigenvalue weighted by Gasteiger charge is 2.53. The zero-order chi connectivity index (χ0) is 27.0. The number of carbonyl (C=O) groups excluding carboxylic acids is 1. The Bertz CT molecular complexity index is 1350. The van der Waals surface area contributed by atoms with Crippen LogP contribution in [-0.4, -0.2) is 49.8 Å². The molecule has 0 saturated carbocycles. The summed E-state index contributed by atoms with van der Waals surface area (Å²) in [5.41, 5.74) is 10.1. The quantitative estimate of drug-likeness (QED) is 0.166. The average Bonchev–Trinajstić information content (AvgIpc) is 3.34. The van der Waals surface area contributed by atoms with Crippen LogP contribution < -0.4 is 14.8 Å². The molecule has 3 aromatic carbocycles. The van der Waals surface area contributed by atoms with E-state index in [1.807, 2.05) is 48.5 Å². The number of aliphatic hydroxyl groups is 1. The standard InChI is InChI=1S/C28H29N5O5/c1-30-27(35)28(18-21-7-3-4-10-24(21)32-33-29)25(20-8-5-9-23(17-20)36-2)38-26(31-28)19-11-13-22(14-12-19)37-16-6-15-34/h3-5,7-14,17,25,34H,6,15-16,18H2,1-2H3,(H,30,35)/t25-,28-/m1/s1. The third-order valence-corrected chi connectivity index (χ3v) is 6.26. The van der Waals surface area contributed by atoms with Crippen LogP contribution in [0.25, 0.3) is 10.4 Å². The van der Waals surface area contributed by atoms with Crippen LogP contribution in [0.2, 0.25) is 0 Å². The van der Waals surface area contributed by atoms with E-state index in [-0.39, 0.29) is 18.9 Å². The number of likely N-dealkylation sites (N-methyl/N-ethyl adjacent to an activating group) is 1. The normalized spacial score (nSPS) is 18.1. The highest BCUT2D eigenvalue weighted by atomic mass is 16.5. The van der Waals surface area contributed by atoms with Gasteiger partial charge in [0.05, 0.1) is 13.7 Å². The van der Waals surface area contributed by atoms with Crippen LogP contribution in [0, 0.1) is 0 Å². The summed E-state index contributed by atoms with van der Waals surface area (Å²) in [7, 11) is 3.13. The lowest BCUT2D eigenvalue weighted by atomic mass is 9.81. The predicted octanol–water partition coefficient (Wildman–Crippen LogP) is 4.64. The summed E-state index contributed by atoms with van der Waals surface area (Å²) in [6.45, 7) is 0.453. The van der Waals surface area contributed by atoms with Crippen molar-refractivity contribution in [3.8, 4) is 11.5 Å². The fourth-order valence-corrected chi connectivity index (χ4v) is 4.40. The second-order valence-electron chi connectivity index (χ2n) is 8.64. The van der Waals surface area contributed by atoms with E-state index in [1.165, 1.54) is 0 Å². The Kier molecular flexibility index (Phi) is 8.47. The number of hydrogen-bond acceptors (Lipinski definition) is 7.